The maximum atomic E-state index is 12.7. The summed E-state index contributed by atoms with van der Waals surface area (Å²) in [7, 11) is -3.71. The van der Waals surface area contributed by atoms with Gasteiger partial charge in [-0.2, -0.15) is 0 Å². The minimum Gasteiger partial charge on any atom is -0.507 e. The molecule has 0 atom stereocenters. The maximum Gasteiger partial charge on any atom is 0.261 e. The van der Waals surface area contributed by atoms with Gasteiger partial charge in [0, 0.05) is 11.8 Å². The number of nitrogens with zero attached hydrogens (tertiary/aromatic N) is 1. The topological polar surface area (TPSA) is 78.8 Å². The average Bonchev–Trinajstić information content (AvgIpc) is 2.75. The van der Waals surface area contributed by atoms with E-state index in [-0.39, 0.29) is 10.6 Å². The van der Waals surface area contributed by atoms with Crippen LogP contribution in [0.4, 0.5) is 11.4 Å². The average molecular weight is 431 g/mol. The molecule has 156 valence electrons. The Morgan fingerprint density at radius 1 is 0.903 bits per heavy atom. The quantitative estimate of drug-likeness (QED) is 0.398. The van der Waals surface area contributed by atoms with Crippen LogP contribution in [-0.2, 0) is 10.0 Å². The molecule has 0 aliphatic carbocycles. The van der Waals surface area contributed by atoms with E-state index in [1.807, 2.05) is 56.3 Å². The molecule has 0 spiro atoms. The fourth-order valence-corrected chi connectivity index (χ4v) is 4.53. The number of hydrogen-bond donors (Lipinski definition) is 2. The molecule has 5 nitrogen and oxygen atoms in total. The number of hydrogen-bond acceptors (Lipinski definition) is 4. The number of aliphatic imine (C=N–C) groups is 1. The molecular weight excluding hydrogens is 408 g/mol. The highest BCUT2D eigenvalue weighted by Crippen LogP contribution is 2.27. The number of nitrogens with one attached hydrogen (secondary N) is 1. The molecule has 0 radical (unpaired) electrons. The molecule has 0 bridgehead atoms. The molecule has 0 heterocycles. The molecule has 0 aliphatic rings. The summed E-state index contributed by atoms with van der Waals surface area (Å²) in [5, 5.41) is 12.1. The van der Waals surface area contributed by atoms with Crippen molar-refractivity contribution in [1.29, 1.82) is 0 Å². The number of phenolic OH excluding ortho intramolecular Hbond substituents is 1. The molecule has 4 rings (SSSR count). The molecule has 4 aromatic carbocycles. The van der Waals surface area contributed by atoms with Gasteiger partial charge < -0.3 is 5.11 Å². The van der Waals surface area contributed by atoms with Gasteiger partial charge in [0.1, 0.15) is 5.75 Å². The lowest BCUT2D eigenvalue weighted by molar-refractivity contribution is 0.475. The van der Waals surface area contributed by atoms with Gasteiger partial charge in [-0.15, -0.1) is 0 Å². The third-order valence-electron chi connectivity index (χ3n) is 5.06. The third kappa shape index (κ3) is 4.44. The molecule has 0 aliphatic heterocycles. The number of fused-ring (bicyclic) bond motifs is 1. The van der Waals surface area contributed by atoms with Gasteiger partial charge in [-0.1, -0.05) is 48.0 Å². The molecule has 31 heavy (non-hydrogen) atoms. The van der Waals surface area contributed by atoms with Crippen molar-refractivity contribution in [2.75, 3.05) is 4.72 Å². The second-order valence-electron chi connectivity index (χ2n) is 7.40. The van der Waals surface area contributed by atoms with Crippen LogP contribution >= 0.6 is 0 Å². The van der Waals surface area contributed by atoms with Crippen LogP contribution in [0.15, 0.2) is 88.8 Å². The predicted molar refractivity (Wildman–Crippen MR) is 126 cm³/mol. The Bertz CT molecular complexity index is 1390. The van der Waals surface area contributed by atoms with E-state index in [0.29, 0.717) is 16.9 Å². The zero-order chi connectivity index (χ0) is 22.0. The Labute approximate surface area is 181 Å². The van der Waals surface area contributed by atoms with Crippen molar-refractivity contribution in [1.82, 2.24) is 0 Å². The molecule has 2 N–H and O–H groups in total. The van der Waals surface area contributed by atoms with Crippen LogP contribution in [0.2, 0.25) is 0 Å². The molecule has 6 heteroatoms. The largest absolute Gasteiger partial charge is 0.507 e. The minimum absolute atomic E-state index is 0.138. The second kappa shape index (κ2) is 8.24. The summed E-state index contributed by atoms with van der Waals surface area (Å²) in [6, 6.07) is 23.1. The van der Waals surface area contributed by atoms with Crippen LogP contribution in [0, 0.1) is 13.8 Å². The predicted octanol–water partition coefficient (Wildman–Crippen LogP) is 5.71. The number of aromatic hydroxyl groups is 1. The zero-order valence-electron chi connectivity index (χ0n) is 17.2. The van der Waals surface area contributed by atoms with E-state index in [9.17, 15) is 13.5 Å². The Kier molecular flexibility index (Phi) is 5.48. The van der Waals surface area contributed by atoms with Gasteiger partial charge in [-0.3, -0.25) is 9.71 Å². The van der Waals surface area contributed by atoms with Crippen LogP contribution in [0.3, 0.4) is 0 Å². The van der Waals surface area contributed by atoms with E-state index < -0.39 is 10.0 Å². The molecule has 0 amide bonds. The van der Waals surface area contributed by atoms with Gasteiger partial charge >= 0.3 is 0 Å². The highest BCUT2D eigenvalue weighted by molar-refractivity contribution is 7.92. The van der Waals surface area contributed by atoms with Crippen molar-refractivity contribution in [3.63, 3.8) is 0 Å². The molecule has 0 fully saturated rings. The lowest BCUT2D eigenvalue weighted by Gasteiger charge is -2.11. The first-order valence-electron chi connectivity index (χ1n) is 9.78. The third-order valence-corrected chi connectivity index (χ3v) is 6.45. The highest BCUT2D eigenvalue weighted by Gasteiger charge is 2.15. The molecule has 0 saturated heterocycles. The highest BCUT2D eigenvalue weighted by atomic mass is 32.2. The monoisotopic (exact) mass is 430 g/mol. The molecule has 4 aromatic rings. The second-order valence-corrected chi connectivity index (χ2v) is 9.08. The van der Waals surface area contributed by atoms with E-state index in [1.54, 1.807) is 30.5 Å². The number of anilines is 1. The smallest absolute Gasteiger partial charge is 0.261 e. The minimum atomic E-state index is -3.71. The number of phenols is 1. The standard InChI is InChI=1S/C25H22N2O3S/c1-17-7-13-24(18(2)15-17)27-31(29,30)21-11-9-20(10-12-21)26-16-23-22-6-4-3-5-19(22)8-14-25(23)28/h3-16,27-28H,1-2H3. The summed E-state index contributed by atoms with van der Waals surface area (Å²) in [5.74, 6) is 0.138. The number of aryl methyl sites for hydroxylation is 2. The summed E-state index contributed by atoms with van der Waals surface area (Å²) >= 11 is 0. The Balaban J connectivity index is 1.58. The van der Waals surface area contributed by atoms with E-state index >= 15 is 0 Å². The summed E-state index contributed by atoms with van der Waals surface area (Å²) in [6.07, 6.45) is 1.59. The van der Waals surface area contributed by atoms with Crippen LogP contribution in [0.25, 0.3) is 10.8 Å². The lowest BCUT2D eigenvalue weighted by atomic mass is 10.0. The number of sulfonamides is 1. The van der Waals surface area contributed by atoms with Crippen LogP contribution in [-0.4, -0.2) is 19.7 Å². The maximum absolute atomic E-state index is 12.7. The van der Waals surface area contributed by atoms with Gasteiger partial charge in [0.2, 0.25) is 0 Å². The van der Waals surface area contributed by atoms with Crippen molar-refractivity contribution in [2.45, 2.75) is 18.7 Å². The number of rotatable bonds is 5. The number of benzene rings is 4. The lowest BCUT2D eigenvalue weighted by Crippen LogP contribution is -2.13. The first-order valence-corrected chi connectivity index (χ1v) is 11.3. The molecular formula is C25H22N2O3S. The van der Waals surface area contributed by atoms with Crippen molar-refractivity contribution in [2.24, 2.45) is 4.99 Å². The normalized spacial score (nSPS) is 11.8. The van der Waals surface area contributed by atoms with Crippen molar-refractivity contribution >= 4 is 38.4 Å². The Morgan fingerprint density at radius 3 is 2.39 bits per heavy atom. The summed E-state index contributed by atoms with van der Waals surface area (Å²) in [5.41, 5.74) is 3.68. The van der Waals surface area contributed by atoms with E-state index in [1.165, 1.54) is 12.1 Å². The fraction of sp³-hybridized carbons (Fsp3) is 0.0800. The van der Waals surface area contributed by atoms with E-state index in [2.05, 4.69) is 9.71 Å². The molecule has 0 unspecified atom stereocenters. The SMILES string of the molecule is Cc1ccc(NS(=O)(=O)c2ccc(N=Cc3c(O)ccc4ccccc34)cc2)c(C)c1. The summed E-state index contributed by atoms with van der Waals surface area (Å²) in [6.45, 7) is 3.83. The van der Waals surface area contributed by atoms with Crippen LogP contribution < -0.4 is 4.72 Å². The van der Waals surface area contributed by atoms with Crippen molar-refractivity contribution in [3.8, 4) is 5.75 Å². The van der Waals surface area contributed by atoms with Crippen LogP contribution in [0.5, 0.6) is 5.75 Å². The Morgan fingerprint density at radius 2 is 1.65 bits per heavy atom. The first kappa shape index (κ1) is 20.6. The van der Waals surface area contributed by atoms with E-state index in [4.69, 9.17) is 0 Å². The Hall–Kier alpha value is -3.64. The van der Waals surface area contributed by atoms with Crippen molar-refractivity contribution < 1.29 is 13.5 Å². The van der Waals surface area contributed by atoms with Crippen LogP contribution in [0.1, 0.15) is 16.7 Å². The van der Waals surface area contributed by atoms with Gasteiger partial charge in [0.15, 0.2) is 0 Å². The van der Waals surface area contributed by atoms with Gasteiger partial charge in [0.25, 0.3) is 10.0 Å². The van der Waals surface area contributed by atoms with E-state index in [0.717, 1.165) is 21.9 Å². The molecule has 0 saturated carbocycles. The summed E-state index contributed by atoms with van der Waals surface area (Å²) in [4.78, 5) is 4.57. The summed E-state index contributed by atoms with van der Waals surface area (Å²) < 4.78 is 28.1. The first-order chi connectivity index (χ1) is 14.8. The van der Waals surface area contributed by atoms with Gasteiger partial charge in [-0.25, -0.2) is 8.42 Å². The molecule has 0 aromatic heterocycles. The van der Waals surface area contributed by atoms with Crippen molar-refractivity contribution in [3.05, 3.63) is 95.6 Å². The zero-order valence-corrected chi connectivity index (χ0v) is 18.0. The van der Waals surface area contributed by atoms with Gasteiger partial charge in [0.05, 0.1) is 16.3 Å². The van der Waals surface area contributed by atoms with Gasteiger partial charge in [-0.05, 0) is 66.6 Å². The fourth-order valence-electron chi connectivity index (χ4n) is 3.40.